The average Bonchev–Trinajstić information content (AvgIpc) is 2.83. The molecule has 112 valence electrons. The Hall–Kier alpha value is -2.82. The van der Waals surface area contributed by atoms with Crippen LogP contribution >= 0.6 is 0 Å². The molecule has 1 heterocycles. The first-order chi connectivity index (χ1) is 10.6. The van der Waals surface area contributed by atoms with E-state index in [4.69, 9.17) is 4.74 Å². The van der Waals surface area contributed by atoms with Gasteiger partial charge in [-0.2, -0.15) is 0 Å². The molecule has 3 rings (SSSR count). The second kappa shape index (κ2) is 5.52. The monoisotopic (exact) mass is 298 g/mol. The highest BCUT2D eigenvalue weighted by molar-refractivity contribution is 5.83. The molecule has 0 aliphatic heterocycles. The smallest absolute Gasteiger partial charge is 0.326 e. The standard InChI is InChI=1S/C17H15FN2O2/c1-3-8-20-15-6-4-11(9-14(15)19-17(20)21)13-10-12(18)5-7-16(13)22-2/h3-7,9-10H,1,8H2,2H3,(H,19,21). The second-order valence-electron chi connectivity index (χ2n) is 4.91. The van der Waals surface area contributed by atoms with Crippen molar-refractivity contribution in [3.8, 4) is 16.9 Å². The Labute approximate surface area is 126 Å². The van der Waals surface area contributed by atoms with Crippen molar-refractivity contribution in [2.75, 3.05) is 7.11 Å². The molecular formula is C17H15FN2O2. The lowest BCUT2D eigenvalue weighted by atomic mass is 10.0. The highest BCUT2D eigenvalue weighted by atomic mass is 19.1. The Bertz CT molecular complexity index is 909. The van der Waals surface area contributed by atoms with E-state index < -0.39 is 0 Å². The van der Waals surface area contributed by atoms with E-state index in [1.807, 2.05) is 18.2 Å². The molecule has 3 aromatic rings. The van der Waals surface area contributed by atoms with Gasteiger partial charge in [0.05, 0.1) is 18.1 Å². The number of ether oxygens (including phenoxy) is 1. The van der Waals surface area contributed by atoms with E-state index in [2.05, 4.69) is 11.6 Å². The molecule has 0 spiro atoms. The second-order valence-corrected chi connectivity index (χ2v) is 4.91. The normalized spacial score (nSPS) is 10.8. The fraction of sp³-hybridized carbons (Fsp3) is 0.118. The summed E-state index contributed by atoms with van der Waals surface area (Å²) in [7, 11) is 1.54. The number of hydrogen-bond acceptors (Lipinski definition) is 2. The number of aromatic nitrogens is 2. The van der Waals surface area contributed by atoms with Crippen LogP contribution in [-0.4, -0.2) is 16.7 Å². The molecular weight excluding hydrogens is 283 g/mol. The number of aromatic amines is 1. The van der Waals surface area contributed by atoms with Gasteiger partial charge in [-0.1, -0.05) is 12.1 Å². The average molecular weight is 298 g/mol. The largest absolute Gasteiger partial charge is 0.496 e. The number of benzene rings is 2. The number of nitrogens with one attached hydrogen (secondary N) is 1. The van der Waals surface area contributed by atoms with Crippen molar-refractivity contribution in [2.24, 2.45) is 0 Å². The molecule has 0 fully saturated rings. The van der Waals surface area contributed by atoms with E-state index in [0.29, 0.717) is 23.4 Å². The summed E-state index contributed by atoms with van der Waals surface area (Å²) in [6.07, 6.45) is 1.66. The van der Waals surface area contributed by atoms with Gasteiger partial charge in [-0.05, 0) is 35.9 Å². The van der Waals surface area contributed by atoms with Crippen molar-refractivity contribution in [3.63, 3.8) is 0 Å². The third-order valence-electron chi connectivity index (χ3n) is 3.56. The fourth-order valence-corrected chi connectivity index (χ4v) is 2.55. The van der Waals surface area contributed by atoms with Crippen molar-refractivity contribution < 1.29 is 9.13 Å². The molecule has 0 aliphatic carbocycles. The van der Waals surface area contributed by atoms with Crippen LogP contribution in [-0.2, 0) is 6.54 Å². The van der Waals surface area contributed by atoms with E-state index in [1.165, 1.54) is 19.2 Å². The van der Waals surface area contributed by atoms with Gasteiger partial charge in [0.15, 0.2) is 0 Å². The zero-order valence-corrected chi connectivity index (χ0v) is 12.1. The number of imidazole rings is 1. The van der Waals surface area contributed by atoms with Crippen LogP contribution in [0.15, 0.2) is 53.8 Å². The molecule has 0 saturated carbocycles. The Kier molecular flexibility index (Phi) is 3.55. The number of allylic oxidation sites excluding steroid dienone is 1. The first kappa shape index (κ1) is 14.1. The van der Waals surface area contributed by atoms with Gasteiger partial charge in [0.2, 0.25) is 0 Å². The van der Waals surface area contributed by atoms with E-state index in [0.717, 1.165) is 11.1 Å². The van der Waals surface area contributed by atoms with Gasteiger partial charge in [0.1, 0.15) is 11.6 Å². The van der Waals surface area contributed by atoms with E-state index in [1.54, 1.807) is 16.7 Å². The highest BCUT2D eigenvalue weighted by Gasteiger charge is 2.11. The van der Waals surface area contributed by atoms with Crippen LogP contribution in [0, 0.1) is 5.82 Å². The molecule has 1 N–H and O–H groups in total. The first-order valence-electron chi connectivity index (χ1n) is 6.81. The lowest BCUT2D eigenvalue weighted by Gasteiger charge is -2.09. The summed E-state index contributed by atoms with van der Waals surface area (Å²) in [6.45, 7) is 4.08. The summed E-state index contributed by atoms with van der Waals surface area (Å²) in [4.78, 5) is 14.7. The van der Waals surface area contributed by atoms with Gasteiger partial charge in [0.25, 0.3) is 0 Å². The number of fused-ring (bicyclic) bond motifs is 1. The summed E-state index contributed by atoms with van der Waals surface area (Å²) in [5.74, 6) is 0.238. The van der Waals surface area contributed by atoms with Crippen LogP contribution < -0.4 is 10.4 Å². The van der Waals surface area contributed by atoms with E-state index in [9.17, 15) is 9.18 Å². The number of rotatable bonds is 4. The fourth-order valence-electron chi connectivity index (χ4n) is 2.55. The Balaban J connectivity index is 2.19. The Morgan fingerprint density at radius 3 is 2.86 bits per heavy atom. The van der Waals surface area contributed by atoms with Crippen LogP contribution in [0.5, 0.6) is 5.75 Å². The molecule has 0 atom stereocenters. The maximum absolute atomic E-state index is 13.5. The molecule has 5 heteroatoms. The van der Waals surface area contributed by atoms with Crippen LogP contribution in [0.4, 0.5) is 4.39 Å². The number of halogens is 1. The molecule has 4 nitrogen and oxygen atoms in total. The molecule has 0 saturated heterocycles. The third kappa shape index (κ3) is 2.30. The maximum Gasteiger partial charge on any atom is 0.326 e. The minimum absolute atomic E-state index is 0.196. The molecule has 0 bridgehead atoms. The molecule has 0 amide bonds. The summed E-state index contributed by atoms with van der Waals surface area (Å²) in [6, 6.07) is 9.83. The zero-order chi connectivity index (χ0) is 15.7. The molecule has 22 heavy (non-hydrogen) atoms. The van der Waals surface area contributed by atoms with Crippen molar-refractivity contribution in [1.82, 2.24) is 9.55 Å². The summed E-state index contributed by atoms with van der Waals surface area (Å²) < 4.78 is 20.4. The van der Waals surface area contributed by atoms with E-state index in [-0.39, 0.29) is 11.5 Å². The molecule has 0 radical (unpaired) electrons. The van der Waals surface area contributed by atoms with Crippen LogP contribution in [0.3, 0.4) is 0 Å². The third-order valence-corrected chi connectivity index (χ3v) is 3.56. The Morgan fingerprint density at radius 1 is 1.32 bits per heavy atom. The lowest BCUT2D eigenvalue weighted by Crippen LogP contribution is -2.15. The minimum atomic E-state index is -0.339. The maximum atomic E-state index is 13.5. The molecule has 1 aromatic heterocycles. The SMILES string of the molecule is C=CCn1c(=O)[nH]c2cc(-c3cc(F)ccc3OC)ccc21. The van der Waals surface area contributed by atoms with Crippen LogP contribution in [0.25, 0.3) is 22.2 Å². The number of H-pyrrole nitrogens is 1. The van der Waals surface area contributed by atoms with Gasteiger partial charge < -0.3 is 9.72 Å². The predicted molar refractivity (Wildman–Crippen MR) is 84.7 cm³/mol. The topological polar surface area (TPSA) is 47.0 Å². The van der Waals surface area contributed by atoms with Crippen molar-refractivity contribution >= 4 is 11.0 Å². The number of methoxy groups -OCH3 is 1. The van der Waals surface area contributed by atoms with Crippen LogP contribution in [0.1, 0.15) is 0 Å². The van der Waals surface area contributed by atoms with Gasteiger partial charge in [-0.25, -0.2) is 9.18 Å². The predicted octanol–water partition coefficient (Wildman–Crippen LogP) is 3.33. The molecule has 0 unspecified atom stereocenters. The summed E-state index contributed by atoms with van der Waals surface area (Å²) in [5, 5.41) is 0. The van der Waals surface area contributed by atoms with Crippen molar-refractivity contribution in [1.29, 1.82) is 0 Å². The minimum Gasteiger partial charge on any atom is -0.496 e. The highest BCUT2D eigenvalue weighted by Crippen LogP contribution is 2.32. The summed E-state index contributed by atoms with van der Waals surface area (Å²) >= 11 is 0. The first-order valence-corrected chi connectivity index (χ1v) is 6.81. The molecule has 2 aromatic carbocycles. The van der Waals surface area contributed by atoms with E-state index >= 15 is 0 Å². The quantitative estimate of drug-likeness (QED) is 0.751. The molecule has 0 aliphatic rings. The van der Waals surface area contributed by atoms with Gasteiger partial charge in [-0.3, -0.25) is 4.57 Å². The van der Waals surface area contributed by atoms with Gasteiger partial charge >= 0.3 is 5.69 Å². The van der Waals surface area contributed by atoms with Gasteiger partial charge in [-0.15, -0.1) is 6.58 Å². The van der Waals surface area contributed by atoms with Crippen molar-refractivity contribution in [3.05, 3.63) is 65.4 Å². The number of hydrogen-bond donors (Lipinski definition) is 1. The van der Waals surface area contributed by atoms with Crippen LogP contribution in [0.2, 0.25) is 0 Å². The Morgan fingerprint density at radius 2 is 2.14 bits per heavy atom. The van der Waals surface area contributed by atoms with Gasteiger partial charge in [0, 0.05) is 12.1 Å². The zero-order valence-electron chi connectivity index (χ0n) is 12.1. The summed E-state index contributed by atoms with van der Waals surface area (Å²) in [5.41, 5.74) is 2.69. The van der Waals surface area contributed by atoms with Crippen molar-refractivity contribution in [2.45, 2.75) is 6.54 Å². The lowest BCUT2D eigenvalue weighted by molar-refractivity contribution is 0.415. The number of nitrogens with zero attached hydrogens (tertiary/aromatic N) is 1.